The first-order valence-electron chi connectivity index (χ1n) is 8.08. The van der Waals surface area contributed by atoms with Crippen molar-refractivity contribution >= 4 is 0 Å². The molecule has 0 unspecified atom stereocenters. The highest BCUT2D eigenvalue weighted by molar-refractivity contribution is 5.18. The number of β-amino-alcohol motifs (C(OH)–C–C–N with tert-alkyl or cyclic N) is 1. The Labute approximate surface area is 134 Å². The van der Waals surface area contributed by atoms with Crippen molar-refractivity contribution in [2.45, 2.75) is 51.6 Å². The van der Waals surface area contributed by atoms with Gasteiger partial charge in [0.05, 0.1) is 30.5 Å². The van der Waals surface area contributed by atoms with Gasteiger partial charge in [0.2, 0.25) is 0 Å². The molecule has 1 heterocycles. The predicted octanol–water partition coefficient (Wildman–Crippen LogP) is 2.62. The van der Waals surface area contributed by atoms with Crippen molar-refractivity contribution < 1.29 is 14.6 Å². The lowest BCUT2D eigenvalue weighted by molar-refractivity contribution is -0.0999. The number of morpholine rings is 1. The van der Waals surface area contributed by atoms with Crippen molar-refractivity contribution in [2.24, 2.45) is 0 Å². The van der Waals surface area contributed by atoms with Crippen LogP contribution in [0.15, 0.2) is 30.3 Å². The zero-order valence-corrected chi connectivity index (χ0v) is 14.2. The van der Waals surface area contributed by atoms with E-state index in [1.54, 1.807) is 0 Å². The number of aliphatic hydroxyl groups excluding tert-OH is 1. The first-order valence-corrected chi connectivity index (χ1v) is 8.08. The molecular weight excluding hydrogens is 278 g/mol. The molecule has 0 radical (unpaired) electrons. The predicted molar refractivity (Wildman–Crippen MR) is 87.9 cm³/mol. The fraction of sp³-hybridized carbons (Fsp3) is 0.667. The summed E-state index contributed by atoms with van der Waals surface area (Å²) >= 11 is 0. The minimum Gasteiger partial charge on any atom is -0.389 e. The van der Waals surface area contributed by atoms with Crippen LogP contribution in [0.5, 0.6) is 0 Å². The van der Waals surface area contributed by atoms with Gasteiger partial charge < -0.3 is 14.6 Å². The minimum absolute atomic E-state index is 0.0701. The van der Waals surface area contributed by atoms with Crippen LogP contribution in [0.3, 0.4) is 0 Å². The van der Waals surface area contributed by atoms with Crippen molar-refractivity contribution in [2.75, 3.05) is 26.2 Å². The lowest BCUT2D eigenvalue weighted by atomic mass is 10.1. The van der Waals surface area contributed by atoms with E-state index in [4.69, 9.17) is 9.47 Å². The van der Waals surface area contributed by atoms with Gasteiger partial charge in [-0.2, -0.15) is 0 Å². The van der Waals surface area contributed by atoms with E-state index in [0.29, 0.717) is 13.2 Å². The second-order valence-electron chi connectivity index (χ2n) is 7.14. The largest absolute Gasteiger partial charge is 0.389 e. The van der Waals surface area contributed by atoms with Crippen LogP contribution >= 0.6 is 0 Å². The summed E-state index contributed by atoms with van der Waals surface area (Å²) in [5.74, 6) is 0. The fourth-order valence-electron chi connectivity index (χ4n) is 2.74. The highest BCUT2D eigenvalue weighted by atomic mass is 16.5. The lowest BCUT2D eigenvalue weighted by Crippen LogP contribution is -2.47. The van der Waals surface area contributed by atoms with Gasteiger partial charge >= 0.3 is 0 Å². The zero-order chi connectivity index (χ0) is 16.2. The third-order valence-corrected chi connectivity index (χ3v) is 3.68. The van der Waals surface area contributed by atoms with E-state index in [1.165, 1.54) is 5.56 Å². The average Bonchev–Trinajstić information content (AvgIpc) is 2.45. The number of hydrogen-bond acceptors (Lipinski definition) is 4. The third-order valence-electron chi connectivity index (χ3n) is 3.68. The highest BCUT2D eigenvalue weighted by Gasteiger charge is 2.27. The van der Waals surface area contributed by atoms with Gasteiger partial charge in [0, 0.05) is 19.6 Å². The summed E-state index contributed by atoms with van der Waals surface area (Å²) in [5, 5.41) is 10.2. The van der Waals surface area contributed by atoms with Crippen LogP contribution in [0.1, 0.15) is 39.4 Å². The molecule has 0 aromatic heterocycles. The van der Waals surface area contributed by atoms with E-state index in [-0.39, 0.29) is 17.8 Å². The summed E-state index contributed by atoms with van der Waals surface area (Å²) in [5.41, 5.74) is 0.978. The molecule has 0 amide bonds. The van der Waals surface area contributed by atoms with Crippen LogP contribution in [0.25, 0.3) is 0 Å². The smallest absolute Gasteiger partial charge is 0.0956 e. The molecule has 1 aliphatic rings. The summed E-state index contributed by atoms with van der Waals surface area (Å²) in [7, 11) is 0. The molecule has 1 aromatic rings. The summed E-state index contributed by atoms with van der Waals surface area (Å²) in [6, 6.07) is 10.3. The second kappa shape index (κ2) is 7.55. The van der Waals surface area contributed by atoms with Gasteiger partial charge in [-0.3, -0.25) is 4.90 Å². The Bertz CT molecular complexity index is 443. The molecule has 1 saturated heterocycles. The maximum atomic E-state index is 10.2. The van der Waals surface area contributed by atoms with Crippen molar-refractivity contribution in [1.29, 1.82) is 0 Å². The van der Waals surface area contributed by atoms with E-state index < -0.39 is 6.10 Å². The van der Waals surface area contributed by atoms with Crippen LogP contribution in [0.2, 0.25) is 0 Å². The Morgan fingerprint density at radius 2 is 1.95 bits per heavy atom. The van der Waals surface area contributed by atoms with Gasteiger partial charge in [0.15, 0.2) is 0 Å². The van der Waals surface area contributed by atoms with Gasteiger partial charge in [-0.05, 0) is 33.3 Å². The number of rotatable bonds is 5. The zero-order valence-electron chi connectivity index (χ0n) is 14.2. The number of benzene rings is 1. The Morgan fingerprint density at radius 3 is 2.59 bits per heavy atom. The van der Waals surface area contributed by atoms with Crippen molar-refractivity contribution in [3.63, 3.8) is 0 Å². The molecular formula is C18H29NO3. The molecule has 0 saturated carbocycles. The maximum absolute atomic E-state index is 10.2. The lowest BCUT2D eigenvalue weighted by Gasteiger charge is -2.38. The van der Waals surface area contributed by atoms with Gasteiger partial charge in [-0.25, -0.2) is 0 Å². The van der Waals surface area contributed by atoms with E-state index in [9.17, 15) is 5.11 Å². The van der Waals surface area contributed by atoms with Crippen LogP contribution < -0.4 is 0 Å². The van der Waals surface area contributed by atoms with Crippen LogP contribution in [0, 0.1) is 0 Å². The molecule has 22 heavy (non-hydrogen) atoms. The second-order valence-corrected chi connectivity index (χ2v) is 7.14. The van der Waals surface area contributed by atoms with Gasteiger partial charge in [0.1, 0.15) is 0 Å². The summed E-state index contributed by atoms with van der Waals surface area (Å²) in [6.07, 6.45) is -0.240. The molecule has 1 aliphatic heterocycles. The van der Waals surface area contributed by atoms with Gasteiger partial charge in [-0.1, -0.05) is 30.3 Å². The van der Waals surface area contributed by atoms with Crippen LogP contribution in [-0.4, -0.2) is 54.1 Å². The summed E-state index contributed by atoms with van der Waals surface area (Å²) in [6.45, 7) is 10.7. The van der Waals surface area contributed by atoms with E-state index >= 15 is 0 Å². The molecule has 3 atom stereocenters. The monoisotopic (exact) mass is 307 g/mol. The maximum Gasteiger partial charge on any atom is 0.0956 e. The fourth-order valence-corrected chi connectivity index (χ4v) is 2.74. The molecule has 1 aromatic carbocycles. The Balaban J connectivity index is 1.88. The number of nitrogens with zero attached hydrogens (tertiary/aromatic N) is 1. The van der Waals surface area contributed by atoms with Crippen molar-refractivity contribution in [3.8, 4) is 0 Å². The van der Waals surface area contributed by atoms with Crippen LogP contribution in [0.4, 0.5) is 0 Å². The van der Waals surface area contributed by atoms with Gasteiger partial charge in [-0.15, -0.1) is 0 Å². The molecule has 1 fully saturated rings. The van der Waals surface area contributed by atoms with E-state index in [0.717, 1.165) is 13.1 Å². The number of ether oxygens (including phenoxy) is 2. The van der Waals surface area contributed by atoms with Crippen LogP contribution in [-0.2, 0) is 9.47 Å². The average molecular weight is 307 g/mol. The number of hydrogen-bond donors (Lipinski definition) is 1. The molecule has 0 aliphatic carbocycles. The standard InChI is InChI=1S/C18H29NO3/c1-14-10-19(11-16(20)13-21-18(2,3)4)12-17(22-14)15-8-6-5-7-9-15/h5-9,14,16-17,20H,10-13H2,1-4H3/t14-,16-,17+/m1/s1. The van der Waals surface area contributed by atoms with Crippen molar-refractivity contribution in [3.05, 3.63) is 35.9 Å². The molecule has 4 heteroatoms. The quantitative estimate of drug-likeness (QED) is 0.908. The first-order chi connectivity index (χ1) is 10.3. The van der Waals surface area contributed by atoms with Gasteiger partial charge in [0.25, 0.3) is 0 Å². The summed E-state index contributed by atoms with van der Waals surface area (Å²) in [4.78, 5) is 2.27. The minimum atomic E-state index is -0.471. The first kappa shape index (κ1) is 17.4. The normalized spacial score (nSPS) is 25.1. The molecule has 124 valence electrons. The molecule has 4 nitrogen and oxygen atoms in total. The molecule has 1 N–H and O–H groups in total. The summed E-state index contributed by atoms with van der Waals surface area (Å²) < 4.78 is 11.7. The third kappa shape index (κ3) is 5.69. The Hall–Kier alpha value is -0.940. The topological polar surface area (TPSA) is 41.9 Å². The SMILES string of the molecule is C[C@@H]1CN(C[C@@H](O)COC(C)(C)C)C[C@@H](c2ccccc2)O1. The Morgan fingerprint density at radius 1 is 1.27 bits per heavy atom. The van der Waals surface area contributed by atoms with E-state index in [1.807, 2.05) is 39.0 Å². The molecule has 2 rings (SSSR count). The van der Waals surface area contributed by atoms with Crippen molar-refractivity contribution in [1.82, 2.24) is 4.90 Å². The molecule has 0 spiro atoms. The van der Waals surface area contributed by atoms with E-state index in [2.05, 4.69) is 24.0 Å². The Kier molecular flexibility index (Phi) is 5.98. The molecule has 0 bridgehead atoms. The number of aliphatic hydroxyl groups is 1. The highest BCUT2D eigenvalue weighted by Crippen LogP contribution is 2.25.